The summed E-state index contributed by atoms with van der Waals surface area (Å²) in [5, 5.41) is 10.1. The predicted octanol–water partition coefficient (Wildman–Crippen LogP) is 8.82. The van der Waals surface area contributed by atoms with E-state index in [9.17, 15) is 5.26 Å². The van der Waals surface area contributed by atoms with E-state index < -0.39 is 0 Å². The molecule has 0 aliphatic heterocycles. The highest BCUT2D eigenvalue weighted by Crippen LogP contribution is 2.42. The lowest BCUT2D eigenvalue weighted by atomic mass is 9.98. The maximum absolute atomic E-state index is 10.1. The first-order chi connectivity index (χ1) is 19.2. The van der Waals surface area contributed by atoms with Crippen LogP contribution in [0.5, 0.6) is 11.5 Å². The summed E-state index contributed by atoms with van der Waals surface area (Å²) in [7, 11) is 0. The number of halogens is 1. The fourth-order valence-corrected chi connectivity index (χ4v) is 5.00. The zero-order valence-electron chi connectivity index (χ0n) is 21.3. The first kappa shape index (κ1) is 26.3. The molecule has 0 amide bonds. The van der Waals surface area contributed by atoms with Crippen molar-refractivity contribution in [1.82, 2.24) is 0 Å². The molecule has 0 fully saturated rings. The maximum Gasteiger partial charge on any atom is 0.238 e. The lowest BCUT2D eigenvalue weighted by Gasteiger charge is -2.14. The topological polar surface area (TPSA) is 67.8 Å². The molecule has 0 atom stereocenters. The lowest BCUT2D eigenvalue weighted by molar-refractivity contribution is 0.267. The van der Waals surface area contributed by atoms with Crippen molar-refractivity contribution < 1.29 is 13.9 Å². The van der Waals surface area contributed by atoms with Gasteiger partial charge in [0.2, 0.25) is 5.88 Å². The summed E-state index contributed by atoms with van der Waals surface area (Å²) in [5.41, 5.74) is 4.77. The minimum Gasteiger partial charge on any atom is -0.490 e. The number of benzene rings is 4. The fourth-order valence-electron chi connectivity index (χ4n) is 4.22. The molecule has 6 heteroatoms. The fraction of sp³-hybridized carbons (Fsp3) is 0.0909. The van der Waals surface area contributed by atoms with Crippen LogP contribution in [0.25, 0.3) is 22.5 Å². The van der Waals surface area contributed by atoms with E-state index in [1.165, 1.54) is 0 Å². The number of nitriles is 1. The maximum atomic E-state index is 10.1. The number of ether oxygens (including phenoxy) is 2. The monoisotopic (exact) mass is 624 g/mol. The third-order valence-electron chi connectivity index (χ3n) is 5.99. The Balaban J connectivity index is 1.51. The van der Waals surface area contributed by atoms with Crippen LogP contribution in [0, 0.1) is 14.9 Å². The van der Waals surface area contributed by atoms with E-state index in [0.717, 1.165) is 31.4 Å². The minimum absolute atomic E-state index is 0.257. The molecular weight excluding hydrogens is 599 g/mol. The van der Waals surface area contributed by atoms with Crippen LogP contribution in [-0.2, 0) is 6.61 Å². The van der Waals surface area contributed by atoms with Gasteiger partial charge in [-0.3, -0.25) is 0 Å². The van der Waals surface area contributed by atoms with Crippen LogP contribution >= 0.6 is 22.6 Å². The summed E-state index contributed by atoms with van der Waals surface area (Å²) in [6.07, 6.45) is 1.69. The number of furan rings is 1. The summed E-state index contributed by atoms with van der Waals surface area (Å²) in [5.74, 6) is 2.19. The molecule has 5 aromatic rings. The average molecular weight is 624 g/mol. The number of rotatable bonds is 9. The van der Waals surface area contributed by atoms with Gasteiger partial charge in [-0.2, -0.15) is 5.26 Å². The Morgan fingerprint density at radius 3 is 2.15 bits per heavy atom. The van der Waals surface area contributed by atoms with Gasteiger partial charge in [-0.15, -0.1) is 0 Å². The normalized spacial score (nSPS) is 10.9. The molecule has 5 rings (SSSR count). The zero-order chi connectivity index (χ0) is 27.0. The van der Waals surface area contributed by atoms with E-state index in [-0.39, 0.29) is 5.88 Å². The Kier molecular flexibility index (Phi) is 8.39. The Bertz CT molecular complexity index is 1620. The molecule has 0 saturated heterocycles. The van der Waals surface area contributed by atoms with E-state index in [0.29, 0.717) is 36.0 Å². The van der Waals surface area contributed by atoms with Gasteiger partial charge < -0.3 is 13.9 Å². The van der Waals surface area contributed by atoms with Crippen LogP contribution in [0.3, 0.4) is 0 Å². The van der Waals surface area contributed by atoms with Crippen LogP contribution in [0.4, 0.5) is 5.88 Å². The highest BCUT2D eigenvalue weighted by atomic mass is 127. The van der Waals surface area contributed by atoms with Crippen molar-refractivity contribution in [3.63, 3.8) is 0 Å². The SMILES string of the molecule is CCOc1cc(C=Nc2oc(-c3ccccc3)c(-c3ccccc3)c2C#N)cc(I)c1OCc1ccccc1. The van der Waals surface area contributed by atoms with E-state index in [1.54, 1.807) is 6.21 Å². The molecule has 4 aromatic carbocycles. The summed E-state index contributed by atoms with van der Waals surface area (Å²) in [6, 6.07) is 35.7. The molecule has 0 bridgehead atoms. The van der Waals surface area contributed by atoms with Crippen molar-refractivity contribution in [2.45, 2.75) is 13.5 Å². The van der Waals surface area contributed by atoms with Crippen molar-refractivity contribution in [3.05, 3.63) is 123 Å². The van der Waals surface area contributed by atoms with Crippen molar-refractivity contribution >= 4 is 34.7 Å². The molecule has 5 nitrogen and oxygen atoms in total. The second-order valence-electron chi connectivity index (χ2n) is 8.63. The second-order valence-corrected chi connectivity index (χ2v) is 9.79. The van der Waals surface area contributed by atoms with E-state index >= 15 is 0 Å². The molecule has 0 unspecified atom stereocenters. The van der Waals surface area contributed by atoms with Crippen LogP contribution in [0.15, 0.2) is 113 Å². The molecule has 0 aliphatic carbocycles. The van der Waals surface area contributed by atoms with Gasteiger partial charge in [0, 0.05) is 17.3 Å². The number of aliphatic imine (C=N–C) groups is 1. The Hall–Kier alpha value is -4.35. The van der Waals surface area contributed by atoms with Gasteiger partial charge >= 0.3 is 0 Å². The molecule has 0 aliphatic rings. The quantitative estimate of drug-likeness (QED) is 0.121. The molecular formula is C33H25IN2O3. The van der Waals surface area contributed by atoms with E-state index in [4.69, 9.17) is 13.9 Å². The summed E-state index contributed by atoms with van der Waals surface area (Å²) < 4.78 is 19.2. The van der Waals surface area contributed by atoms with Crippen LogP contribution in [-0.4, -0.2) is 12.8 Å². The molecule has 0 spiro atoms. The smallest absolute Gasteiger partial charge is 0.238 e. The van der Waals surface area contributed by atoms with Crippen LogP contribution < -0.4 is 9.47 Å². The average Bonchev–Trinajstić information content (AvgIpc) is 3.36. The van der Waals surface area contributed by atoms with E-state index in [1.807, 2.05) is 110 Å². The number of hydrogen-bond acceptors (Lipinski definition) is 5. The summed E-state index contributed by atoms with van der Waals surface area (Å²) in [6.45, 7) is 2.87. The van der Waals surface area contributed by atoms with Gasteiger partial charge in [0.05, 0.1) is 10.2 Å². The second kappa shape index (κ2) is 12.5. The van der Waals surface area contributed by atoms with Crippen molar-refractivity contribution in [3.8, 4) is 40.0 Å². The molecule has 0 radical (unpaired) electrons. The standard InChI is InChI=1S/C33H25IN2O3/c1-2-37-29-19-24(18-28(34)32(29)38-22-23-12-6-3-7-13-23)21-36-33-27(20-35)30(25-14-8-4-9-15-25)31(39-33)26-16-10-5-11-17-26/h3-19,21H,2,22H2,1H3. The summed E-state index contributed by atoms with van der Waals surface area (Å²) >= 11 is 2.24. The first-order valence-corrected chi connectivity index (χ1v) is 13.6. The Labute approximate surface area is 241 Å². The Morgan fingerprint density at radius 1 is 0.872 bits per heavy atom. The van der Waals surface area contributed by atoms with Crippen LogP contribution in [0.2, 0.25) is 0 Å². The van der Waals surface area contributed by atoms with Gasteiger partial charge in [0.15, 0.2) is 11.5 Å². The van der Waals surface area contributed by atoms with Gasteiger partial charge in [0.1, 0.15) is 24.0 Å². The highest BCUT2D eigenvalue weighted by Gasteiger charge is 2.22. The minimum atomic E-state index is 0.257. The van der Waals surface area contributed by atoms with Crippen LogP contribution in [0.1, 0.15) is 23.6 Å². The third kappa shape index (κ3) is 6.05. The van der Waals surface area contributed by atoms with Gasteiger partial charge in [-0.25, -0.2) is 4.99 Å². The summed E-state index contributed by atoms with van der Waals surface area (Å²) in [4.78, 5) is 4.63. The van der Waals surface area contributed by atoms with Gasteiger partial charge in [-0.1, -0.05) is 91.0 Å². The molecule has 1 aromatic heterocycles. The van der Waals surface area contributed by atoms with Gasteiger partial charge in [0.25, 0.3) is 0 Å². The molecule has 192 valence electrons. The zero-order valence-corrected chi connectivity index (χ0v) is 23.5. The third-order valence-corrected chi connectivity index (χ3v) is 6.79. The molecule has 0 saturated carbocycles. The number of nitrogens with zero attached hydrogens (tertiary/aromatic N) is 2. The molecule has 39 heavy (non-hydrogen) atoms. The first-order valence-electron chi connectivity index (χ1n) is 12.5. The lowest BCUT2D eigenvalue weighted by Crippen LogP contribution is -2.02. The largest absolute Gasteiger partial charge is 0.490 e. The van der Waals surface area contributed by atoms with Crippen molar-refractivity contribution in [2.75, 3.05) is 6.61 Å². The van der Waals surface area contributed by atoms with E-state index in [2.05, 4.69) is 33.7 Å². The molecule has 1 heterocycles. The molecule has 0 N–H and O–H groups in total. The van der Waals surface area contributed by atoms with Crippen molar-refractivity contribution in [2.24, 2.45) is 4.99 Å². The van der Waals surface area contributed by atoms with Crippen molar-refractivity contribution in [1.29, 1.82) is 5.26 Å². The number of hydrogen-bond donors (Lipinski definition) is 0. The predicted molar refractivity (Wildman–Crippen MR) is 163 cm³/mol. The van der Waals surface area contributed by atoms with Gasteiger partial charge in [-0.05, 0) is 58.3 Å². The Morgan fingerprint density at radius 2 is 1.51 bits per heavy atom. The highest BCUT2D eigenvalue weighted by molar-refractivity contribution is 14.1.